The Bertz CT molecular complexity index is 1010. The van der Waals surface area contributed by atoms with Crippen LogP contribution in [0.5, 0.6) is 5.75 Å². The third-order valence-electron chi connectivity index (χ3n) is 5.48. The Morgan fingerprint density at radius 2 is 1.77 bits per heavy atom. The average molecular weight is 423 g/mol. The van der Waals surface area contributed by atoms with Crippen molar-refractivity contribution in [2.24, 2.45) is 0 Å². The highest BCUT2D eigenvalue weighted by atomic mass is 16.5. The zero-order chi connectivity index (χ0) is 22.7. The highest BCUT2D eigenvalue weighted by Gasteiger charge is 2.46. The number of hydrogen-bond donors (Lipinski definition) is 1. The van der Waals surface area contributed by atoms with Crippen molar-refractivity contribution in [2.75, 3.05) is 33.8 Å². The van der Waals surface area contributed by atoms with Crippen LogP contribution in [-0.2, 0) is 9.59 Å². The van der Waals surface area contributed by atoms with Gasteiger partial charge in [0.15, 0.2) is 0 Å². The van der Waals surface area contributed by atoms with Crippen LogP contribution in [-0.4, -0.2) is 60.4 Å². The van der Waals surface area contributed by atoms with Crippen molar-refractivity contribution >= 4 is 17.4 Å². The first kappa shape index (κ1) is 22.6. The standard InChI is InChI=1S/C25H30N2O4/c1-6-31-19-11-9-18(10-12-19)22-21(23(28)20-15-16(2)7-8-17(20)3)24(29)25(30)27(22)14-13-26(4)5/h7-12,15,22,28H,6,13-14H2,1-5H3/b23-21+. The van der Waals surface area contributed by atoms with Crippen molar-refractivity contribution in [1.82, 2.24) is 9.80 Å². The number of Topliss-reactive ketones (excluding diaryl/α,β-unsaturated/α-hetero) is 1. The summed E-state index contributed by atoms with van der Waals surface area (Å²) >= 11 is 0. The molecule has 31 heavy (non-hydrogen) atoms. The van der Waals surface area contributed by atoms with Gasteiger partial charge in [-0.25, -0.2) is 0 Å². The summed E-state index contributed by atoms with van der Waals surface area (Å²) in [5, 5.41) is 11.2. The zero-order valence-corrected chi connectivity index (χ0v) is 18.8. The fourth-order valence-electron chi connectivity index (χ4n) is 3.81. The number of ketones is 1. The van der Waals surface area contributed by atoms with Gasteiger partial charge in [0.25, 0.3) is 11.7 Å². The van der Waals surface area contributed by atoms with Gasteiger partial charge in [-0.2, -0.15) is 0 Å². The van der Waals surface area contributed by atoms with Crippen molar-refractivity contribution in [2.45, 2.75) is 26.8 Å². The summed E-state index contributed by atoms with van der Waals surface area (Å²) in [4.78, 5) is 29.5. The summed E-state index contributed by atoms with van der Waals surface area (Å²) in [7, 11) is 3.83. The van der Waals surface area contributed by atoms with E-state index in [9.17, 15) is 14.7 Å². The molecular formula is C25H30N2O4. The fraction of sp³-hybridized carbons (Fsp3) is 0.360. The first-order chi connectivity index (χ1) is 14.7. The molecular weight excluding hydrogens is 392 g/mol. The quantitative estimate of drug-likeness (QED) is 0.419. The lowest BCUT2D eigenvalue weighted by Gasteiger charge is -2.26. The molecule has 0 spiro atoms. The number of amides is 1. The van der Waals surface area contributed by atoms with Gasteiger partial charge in [-0.05, 0) is 64.2 Å². The summed E-state index contributed by atoms with van der Waals surface area (Å²) in [5.74, 6) is -0.666. The van der Waals surface area contributed by atoms with Crippen LogP contribution in [0.3, 0.4) is 0 Å². The highest BCUT2D eigenvalue weighted by Crippen LogP contribution is 2.40. The minimum atomic E-state index is -0.657. The SMILES string of the molecule is CCOc1ccc(C2/C(=C(\O)c3cc(C)ccc3C)C(=O)C(=O)N2CCN(C)C)cc1. The molecule has 1 aliphatic rings. The van der Waals surface area contributed by atoms with Gasteiger partial charge in [0.2, 0.25) is 0 Å². The number of aryl methyl sites for hydroxylation is 2. The van der Waals surface area contributed by atoms with Gasteiger partial charge in [0, 0.05) is 18.7 Å². The van der Waals surface area contributed by atoms with Crippen LogP contribution >= 0.6 is 0 Å². The van der Waals surface area contributed by atoms with E-state index < -0.39 is 17.7 Å². The second-order valence-corrected chi connectivity index (χ2v) is 8.12. The van der Waals surface area contributed by atoms with Crippen molar-refractivity contribution in [3.05, 3.63) is 70.3 Å². The van der Waals surface area contributed by atoms with Crippen LogP contribution in [0.1, 0.15) is 35.2 Å². The number of likely N-dealkylation sites (tertiary alicyclic amines) is 1. The van der Waals surface area contributed by atoms with Gasteiger partial charge in [-0.1, -0.05) is 29.8 Å². The molecule has 0 aliphatic carbocycles. The molecule has 1 fully saturated rings. The molecule has 1 unspecified atom stereocenters. The summed E-state index contributed by atoms with van der Waals surface area (Å²) < 4.78 is 5.53. The topological polar surface area (TPSA) is 70.1 Å². The lowest BCUT2D eigenvalue weighted by Crippen LogP contribution is -2.35. The van der Waals surface area contributed by atoms with E-state index in [0.717, 1.165) is 16.7 Å². The molecule has 164 valence electrons. The number of rotatable bonds is 7. The molecule has 1 atom stereocenters. The molecule has 6 nitrogen and oxygen atoms in total. The van der Waals surface area contributed by atoms with E-state index in [2.05, 4.69) is 0 Å². The molecule has 1 amide bonds. The average Bonchev–Trinajstić information content (AvgIpc) is 2.99. The van der Waals surface area contributed by atoms with Gasteiger partial charge >= 0.3 is 0 Å². The number of aliphatic hydroxyl groups is 1. The largest absolute Gasteiger partial charge is 0.507 e. The predicted molar refractivity (Wildman–Crippen MR) is 121 cm³/mol. The highest BCUT2D eigenvalue weighted by molar-refractivity contribution is 6.46. The van der Waals surface area contributed by atoms with E-state index >= 15 is 0 Å². The summed E-state index contributed by atoms with van der Waals surface area (Å²) in [5.41, 5.74) is 3.26. The molecule has 2 aromatic rings. The molecule has 1 saturated heterocycles. The van der Waals surface area contributed by atoms with Gasteiger partial charge in [-0.3, -0.25) is 9.59 Å². The smallest absolute Gasteiger partial charge is 0.295 e. The Morgan fingerprint density at radius 3 is 2.39 bits per heavy atom. The van der Waals surface area contributed by atoms with Crippen LogP contribution in [0.15, 0.2) is 48.0 Å². The Hall–Kier alpha value is -3.12. The number of aliphatic hydroxyl groups excluding tert-OH is 1. The monoisotopic (exact) mass is 422 g/mol. The van der Waals surface area contributed by atoms with Crippen LogP contribution in [0.4, 0.5) is 0 Å². The van der Waals surface area contributed by atoms with Crippen molar-refractivity contribution < 1.29 is 19.4 Å². The minimum Gasteiger partial charge on any atom is -0.507 e. The van der Waals surface area contributed by atoms with E-state index in [1.54, 1.807) is 4.90 Å². The molecule has 1 aliphatic heterocycles. The van der Waals surface area contributed by atoms with Gasteiger partial charge in [0.05, 0.1) is 18.2 Å². The van der Waals surface area contributed by atoms with Gasteiger partial charge in [0.1, 0.15) is 11.5 Å². The predicted octanol–water partition coefficient (Wildman–Crippen LogP) is 3.69. The summed E-state index contributed by atoms with van der Waals surface area (Å²) in [6.45, 7) is 7.24. The normalized spacial score (nSPS) is 18.1. The zero-order valence-electron chi connectivity index (χ0n) is 18.8. The Morgan fingerprint density at radius 1 is 1.10 bits per heavy atom. The molecule has 0 saturated carbocycles. The van der Waals surface area contributed by atoms with Crippen LogP contribution in [0.25, 0.3) is 5.76 Å². The number of likely N-dealkylation sites (N-methyl/N-ethyl adjacent to an activating group) is 1. The summed E-state index contributed by atoms with van der Waals surface area (Å²) in [6, 6.07) is 12.4. The molecule has 3 rings (SSSR count). The van der Waals surface area contributed by atoms with Crippen molar-refractivity contribution in [1.29, 1.82) is 0 Å². The first-order valence-corrected chi connectivity index (χ1v) is 10.5. The third-order valence-corrected chi connectivity index (χ3v) is 5.48. The van der Waals surface area contributed by atoms with E-state index in [1.807, 2.05) is 82.2 Å². The Labute approximate surface area is 183 Å². The van der Waals surface area contributed by atoms with Gasteiger partial charge in [-0.15, -0.1) is 0 Å². The lowest BCUT2D eigenvalue weighted by atomic mass is 9.93. The number of hydrogen-bond acceptors (Lipinski definition) is 5. The molecule has 2 aromatic carbocycles. The first-order valence-electron chi connectivity index (χ1n) is 10.5. The molecule has 1 heterocycles. The van der Waals surface area contributed by atoms with E-state index in [1.165, 1.54) is 0 Å². The second-order valence-electron chi connectivity index (χ2n) is 8.12. The maximum Gasteiger partial charge on any atom is 0.295 e. The maximum atomic E-state index is 13.1. The molecule has 0 radical (unpaired) electrons. The lowest BCUT2D eigenvalue weighted by molar-refractivity contribution is -0.140. The summed E-state index contributed by atoms with van der Waals surface area (Å²) in [6.07, 6.45) is 0. The Balaban J connectivity index is 2.15. The van der Waals surface area contributed by atoms with Crippen molar-refractivity contribution in [3.63, 3.8) is 0 Å². The molecule has 0 bridgehead atoms. The molecule has 1 N–H and O–H groups in total. The molecule has 0 aromatic heterocycles. The Kier molecular flexibility index (Phi) is 6.81. The number of ether oxygens (including phenoxy) is 1. The van der Waals surface area contributed by atoms with Crippen LogP contribution < -0.4 is 4.74 Å². The van der Waals surface area contributed by atoms with E-state index in [4.69, 9.17) is 4.74 Å². The number of nitrogens with zero attached hydrogens (tertiary/aromatic N) is 2. The second kappa shape index (κ2) is 9.35. The third kappa shape index (κ3) is 4.64. The fourth-order valence-corrected chi connectivity index (χ4v) is 3.81. The molecule has 6 heteroatoms. The van der Waals surface area contributed by atoms with Crippen molar-refractivity contribution in [3.8, 4) is 5.75 Å². The number of benzene rings is 2. The van der Waals surface area contributed by atoms with Crippen LogP contribution in [0, 0.1) is 13.8 Å². The van der Waals surface area contributed by atoms with E-state index in [0.29, 0.717) is 31.0 Å². The number of carbonyl (C=O) groups is 2. The minimum absolute atomic E-state index is 0.126. The van der Waals surface area contributed by atoms with Gasteiger partial charge < -0.3 is 19.6 Å². The van der Waals surface area contributed by atoms with Crippen LogP contribution in [0.2, 0.25) is 0 Å². The van der Waals surface area contributed by atoms with E-state index in [-0.39, 0.29) is 11.3 Å². The number of carbonyl (C=O) groups excluding carboxylic acids is 2. The maximum absolute atomic E-state index is 13.1.